The van der Waals surface area contributed by atoms with Gasteiger partial charge in [-0.2, -0.15) is 5.10 Å². The summed E-state index contributed by atoms with van der Waals surface area (Å²) in [6.07, 6.45) is 4.95. The van der Waals surface area contributed by atoms with Crippen LogP contribution in [0.1, 0.15) is 36.9 Å². The molecule has 1 atom stereocenters. The van der Waals surface area contributed by atoms with Crippen LogP contribution in [0.15, 0.2) is 28.9 Å². The second-order valence-corrected chi connectivity index (χ2v) is 5.48. The first-order chi connectivity index (χ1) is 9.65. The first-order valence-electron chi connectivity index (χ1n) is 7.42. The molecule has 0 bridgehead atoms. The SMILES string of the molecule is Cc1cc(C)n(CCCNC(C)CCc2ccco2)n1. The monoisotopic (exact) mass is 275 g/mol. The highest BCUT2D eigenvalue weighted by Gasteiger charge is 2.04. The molecule has 2 heterocycles. The third-order valence-corrected chi connectivity index (χ3v) is 3.55. The summed E-state index contributed by atoms with van der Waals surface area (Å²) in [5, 5.41) is 8.03. The third-order valence-electron chi connectivity index (χ3n) is 3.55. The smallest absolute Gasteiger partial charge is 0.103 e. The van der Waals surface area contributed by atoms with Gasteiger partial charge in [0.05, 0.1) is 12.0 Å². The van der Waals surface area contributed by atoms with Crippen molar-refractivity contribution in [2.75, 3.05) is 6.54 Å². The van der Waals surface area contributed by atoms with E-state index in [0.29, 0.717) is 6.04 Å². The molecule has 4 heteroatoms. The Balaban J connectivity index is 1.59. The summed E-state index contributed by atoms with van der Waals surface area (Å²) in [6, 6.07) is 6.62. The minimum absolute atomic E-state index is 0.514. The molecule has 1 N–H and O–H groups in total. The predicted molar refractivity (Wildman–Crippen MR) is 80.8 cm³/mol. The summed E-state index contributed by atoms with van der Waals surface area (Å²) in [6.45, 7) is 8.39. The van der Waals surface area contributed by atoms with Crippen LogP contribution in [0.4, 0.5) is 0 Å². The van der Waals surface area contributed by atoms with E-state index in [1.807, 2.05) is 19.1 Å². The Bertz CT molecular complexity index is 502. The Morgan fingerprint density at radius 2 is 2.25 bits per heavy atom. The zero-order valence-corrected chi connectivity index (χ0v) is 12.7. The van der Waals surface area contributed by atoms with Crippen molar-refractivity contribution in [2.24, 2.45) is 0 Å². The number of hydrogen-bond donors (Lipinski definition) is 1. The fraction of sp³-hybridized carbons (Fsp3) is 0.562. The van der Waals surface area contributed by atoms with Gasteiger partial charge in [0.1, 0.15) is 5.76 Å². The van der Waals surface area contributed by atoms with E-state index in [4.69, 9.17) is 4.42 Å². The molecule has 0 aliphatic rings. The lowest BCUT2D eigenvalue weighted by Gasteiger charge is -2.13. The Labute approximate surface area is 121 Å². The highest BCUT2D eigenvalue weighted by atomic mass is 16.3. The first-order valence-corrected chi connectivity index (χ1v) is 7.42. The van der Waals surface area contributed by atoms with E-state index in [1.54, 1.807) is 6.26 Å². The van der Waals surface area contributed by atoms with Crippen molar-refractivity contribution in [3.05, 3.63) is 41.6 Å². The van der Waals surface area contributed by atoms with Crippen LogP contribution in [0, 0.1) is 13.8 Å². The largest absolute Gasteiger partial charge is 0.469 e. The van der Waals surface area contributed by atoms with Crippen molar-refractivity contribution < 1.29 is 4.42 Å². The average Bonchev–Trinajstić information content (AvgIpc) is 3.02. The summed E-state index contributed by atoms with van der Waals surface area (Å²) in [5.41, 5.74) is 2.34. The molecule has 0 fully saturated rings. The molecule has 0 saturated heterocycles. The van der Waals surface area contributed by atoms with Gasteiger partial charge in [0.25, 0.3) is 0 Å². The Hall–Kier alpha value is -1.55. The minimum Gasteiger partial charge on any atom is -0.469 e. The molecule has 110 valence electrons. The number of hydrogen-bond acceptors (Lipinski definition) is 3. The minimum atomic E-state index is 0.514. The van der Waals surface area contributed by atoms with Crippen LogP contribution in [0.3, 0.4) is 0 Å². The molecule has 2 aromatic heterocycles. The molecular weight excluding hydrogens is 250 g/mol. The van der Waals surface area contributed by atoms with Gasteiger partial charge in [0.2, 0.25) is 0 Å². The number of aryl methyl sites for hydroxylation is 4. The standard InChI is InChI=1S/C16H25N3O/c1-13(7-8-16-6-4-11-20-16)17-9-5-10-19-15(3)12-14(2)18-19/h4,6,11-13,17H,5,7-10H2,1-3H3. The highest BCUT2D eigenvalue weighted by Crippen LogP contribution is 2.06. The Morgan fingerprint density at radius 1 is 1.40 bits per heavy atom. The molecule has 0 amide bonds. The van der Waals surface area contributed by atoms with Crippen LogP contribution in [0.5, 0.6) is 0 Å². The summed E-state index contributed by atoms with van der Waals surface area (Å²) in [7, 11) is 0. The highest BCUT2D eigenvalue weighted by molar-refractivity contribution is 5.06. The molecule has 0 aliphatic carbocycles. The second-order valence-electron chi connectivity index (χ2n) is 5.48. The number of aromatic nitrogens is 2. The van der Waals surface area contributed by atoms with Crippen molar-refractivity contribution in [3.63, 3.8) is 0 Å². The van der Waals surface area contributed by atoms with Crippen LogP contribution in [0.25, 0.3) is 0 Å². The van der Waals surface area contributed by atoms with Crippen LogP contribution in [0.2, 0.25) is 0 Å². The van der Waals surface area contributed by atoms with E-state index in [9.17, 15) is 0 Å². The number of furan rings is 1. The number of rotatable bonds is 8. The fourth-order valence-electron chi connectivity index (χ4n) is 2.39. The van der Waals surface area contributed by atoms with Gasteiger partial charge in [0.15, 0.2) is 0 Å². The molecule has 4 nitrogen and oxygen atoms in total. The van der Waals surface area contributed by atoms with Gasteiger partial charge in [-0.3, -0.25) is 4.68 Å². The fourth-order valence-corrected chi connectivity index (χ4v) is 2.39. The van der Waals surface area contributed by atoms with Crippen molar-refractivity contribution in [1.29, 1.82) is 0 Å². The van der Waals surface area contributed by atoms with Gasteiger partial charge < -0.3 is 9.73 Å². The van der Waals surface area contributed by atoms with Gasteiger partial charge in [0, 0.05) is 24.7 Å². The van der Waals surface area contributed by atoms with Crippen molar-refractivity contribution in [3.8, 4) is 0 Å². The Morgan fingerprint density at radius 3 is 2.90 bits per heavy atom. The van der Waals surface area contributed by atoms with Gasteiger partial charge in [-0.1, -0.05) is 0 Å². The van der Waals surface area contributed by atoms with Crippen LogP contribution in [-0.4, -0.2) is 22.4 Å². The maximum Gasteiger partial charge on any atom is 0.103 e. The van der Waals surface area contributed by atoms with E-state index in [1.165, 1.54) is 5.69 Å². The molecule has 2 rings (SSSR count). The topological polar surface area (TPSA) is 43.0 Å². The van der Waals surface area contributed by atoms with Gasteiger partial charge >= 0.3 is 0 Å². The molecule has 0 aromatic carbocycles. The first kappa shape index (κ1) is 14.9. The van der Waals surface area contributed by atoms with E-state index >= 15 is 0 Å². The maximum atomic E-state index is 5.34. The number of nitrogens with zero attached hydrogens (tertiary/aromatic N) is 2. The van der Waals surface area contributed by atoms with E-state index < -0.39 is 0 Å². The third kappa shape index (κ3) is 4.53. The van der Waals surface area contributed by atoms with Crippen molar-refractivity contribution in [1.82, 2.24) is 15.1 Å². The average molecular weight is 275 g/mol. The van der Waals surface area contributed by atoms with E-state index in [0.717, 1.165) is 43.8 Å². The lowest BCUT2D eigenvalue weighted by atomic mass is 10.1. The summed E-state index contributed by atoms with van der Waals surface area (Å²) in [4.78, 5) is 0. The molecule has 20 heavy (non-hydrogen) atoms. The molecule has 0 spiro atoms. The predicted octanol–water partition coefficient (Wildman–Crippen LogP) is 3.09. The quantitative estimate of drug-likeness (QED) is 0.753. The zero-order valence-electron chi connectivity index (χ0n) is 12.7. The molecular formula is C16H25N3O. The summed E-state index contributed by atoms with van der Waals surface area (Å²) >= 11 is 0. The Kier molecular flexibility index (Phi) is 5.41. The zero-order chi connectivity index (χ0) is 14.4. The summed E-state index contributed by atoms with van der Waals surface area (Å²) in [5.74, 6) is 1.07. The van der Waals surface area contributed by atoms with E-state index in [2.05, 4.69) is 35.0 Å². The van der Waals surface area contributed by atoms with Gasteiger partial charge in [-0.05, 0) is 58.4 Å². The summed E-state index contributed by atoms with van der Waals surface area (Å²) < 4.78 is 7.43. The number of nitrogens with one attached hydrogen (secondary N) is 1. The van der Waals surface area contributed by atoms with Crippen LogP contribution in [-0.2, 0) is 13.0 Å². The molecule has 1 unspecified atom stereocenters. The van der Waals surface area contributed by atoms with E-state index in [-0.39, 0.29) is 0 Å². The molecule has 0 radical (unpaired) electrons. The molecule has 0 aliphatic heterocycles. The van der Waals surface area contributed by atoms with Gasteiger partial charge in [-0.15, -0.1) is 0 Å². The maximum absolute atomic E-state index is 5.34. The lowest BCUT2D eigenvalue weighted by molar-refractivity contribution is 0.447. The van der Waals surface area contributed by atoms with Gasteiger partial charge in [-0.25, -0.2) is 0 Å². The second kappa shape index (κ2) is 7.29. The normalized spacial score (nSPS) is 12.8. The van der Waals surface area contributed by atoms with Crippen LogP contribution >= 0.6 is 0 Å². The lowest BCUT2D eigenvalue weighted by Crippen LogP contribution is -2.28. The van der Waals surface area contributed by atoms with Crippen molar-refractivity contribution >= 4 is 0 Å². The molecule has 0 saturated carbocycles. The molecule has 2 aromatic rings. The van der Waals surface area contributed by atoms with Crippen molar-refractivity contribution in [2.45, 2.75) is 52.6 Å². The van der Waals surface area contributed by atoms with Crippen LogP contribution < -0.4 is 5.32 Å².